The van der Waals surface area contributed by atoms with E-state index in [0.717, 1.165) is 31.2 Å². The highest BCUT2D eigenvalue weighted by Crippen LogP contribution is 2.50. The summed E-state index contributed by atoms with van der Waals surface area (Å²) < 4.78 is 19.8. The second-order valence-corrected chi connectivity index (χ2v) is 15.6. The molecule has 7 N–H and O–H groups in total. The van der Waals surface area contributed by atoms with Gasteiger partial charge >= 0.3 is 0 Å². The Morgan fingerprint density at radius 2 is 1.93 bits per heavy atom. The summed E-state index contributed by atoms with van der Waals surface area (Å²) in [6, 6.07) is 0. The highest BCUT2D eigenvalue weighted by Gasteiger charge is 2.42. The number of aliphatic hydroxyl groups excluding tert-OH is 2. The van der Waals surface area contributed by atoms with Crippen LogP contribution >= 0.6 is 21.6 Å². The van der Waals surface area contributed by atoms with Crippen LogP contribution in [0, 0.1) is 5.92 Å². The molecule has 0 amide bonds. The van der Waals surface area contributed by atoms with Crippen LogP contribution < -0.4 is 26.4 Å². The van der Waals surface area contributed by atoms with E-state index in [2.05, 4.69) is 18.8 Å². The summed E-state index contributed by atoms with van der Waals surface area (Å²) in [6.07, 6.45) is 3.56. The molecule has 0 unspecified atom stereocenters. The zero-order valence-electron chi connectivity index (χ0n) is 25.5. The molecular formula is C31H45N3O7S2. The molecule has 5 rings (SSSR count). The molecule has 2 aromatic rings. The molecule has 1 fully saturated rings. The smallest absolute Gasteiger partial charge is 0.200 e. The number of rotatable bonds is 8. The molecule has 2 bridgehead atoms. The van der Waals surface area contributed by atoms with Crippen LogP contribution in [0.15, 0.2) is 14.2 Å². The molecule has 3 atom stereocenters. The van der Waals surface area contributed by atoms with Crippen molar-refractivity contribution >= 4 is 38.5 Å². The molecule has 43 heavy (non-hydrogen) atoms. The second kappa shape index (κ2) is 12.7. The van der Waals surface area contributed by atoms with Crippen molar-refractivity contribution in [2.45, 2.75) is 114 Å². The highest BCUT2D eigenvalue weighted by atomic mass is 33.1. The van der Waals surface area contributed by atoms with E-state index in [1.54, 1.807) is 13.8 Å². The van der Waals surface area contributed by atoms with E-state index in [0.29, 0.717) is 70.3 Å². The number of ether oxygens (including phenoxy) is 2. The Hall–Kier alpha value is -2.12. The van der Waals surface area contributed by atoms with Gasteiger partial charge in [-0.3, -0.25) is 4.79 Å². The van der Waals surface area contributed by atoms with Crippen LogP contribution in [0.25, 0.3) is 11.0 Å². The first-order chi connectivity index (χ1) is 20.3. The Labute approximate surface area is 260 Å². The van der Waals surface area contributed by atoms with Gasteiger partial charge in [-0.2, -0.15) is 0 Å². The Morgan fingerprint density at radius 3 is 2.56 bits per heavy atom. The van der Waals surface area contributed by atoms with Gasteiger partial charge in [0.2, 0.25) is 0 Å². The Morgan fingerprint density at radius 1 is 1.21 bits per heavy atom. The van der Waals surface area contributed by atoms with E-state index in [9.17, 15) is 20.1 Å². The third-order valence-corrected chi connectivity index (χ3v) is 11.1. The van der Waals surface area contributed by atoms with Crippen LogP contribution in [-0.4, -0.2) is 57.0 Å². The first-order valence-electron chi connectivity index (χ1n) is 15.2. The predicted octanol–water partition coefficient (Wildman–Crippen LogP) is 4.10. The van der Waals surface area contributed by atoms with Crippen LogP contribution in [0.1, 0.15) is 94.8 Å². The molecule has 10 nitrogen and oxygen atoms in total. The SMILES string of the molecule is CC(C)CCc1c2oc3c(c4c(c(OC5CCCC5)c3c1=O)C[C@@H](C(C)(C)O)O4)CSSC[C@@](CO)(N=C(N)N)C[C@H]2O. The minimum absolute atomic E-state index is 0.0279. The van der Waals surface area contributed by atoms with Gasteiger partial charge in [0.25, 0.3) is 0 Å². The van der Waals surface area contributed by atoms with Crippen molar-refractivity contribution < 1.29 is 29.2 Å². The zero-order valence-corrected chi connectivity index (χ0v) is 27.1. The molecule has 1 aromatic heterocycles. The van der Waals surface area contributed by atoms with Gasteiger partial charge in [-0.1, -0.05) is 35.4 Å². The van der Waals surface area contributed by atoms with Crippen LogP contribution in [0.3, 0.4) is 0 Å². The molecule has 0 spiro atoms. The van der Waals surface area contributed by atoms with Gasteiger partial charge in [-0.25, -0.2) is 4.99 Å². The first-order valence-corrected chi connectivity index (χ1v) is 17.7. The summed E-state index contributed by atoms with van der Waals surface area (Å²) in [4.78, 5) is 19.0. The molecule has 0 radical (unpaired) electrons. The summed E-state index contributed by atoms with van der Waals surface area (Å²) in [6.45, 7) is 7.19. The van der Waals surface area contributed by atoms with Crippen LogP contribution in [-0.2, 0) is 18.6 Å². The zero-order chi connectivity index (χ0) is 31.1. The molecule has 3 heterocycles. The van der Waals surface area contributed by atoms with E-state index in [-0.39, 0.29) is 29.7 Å². The first kappa shape index (κ1) is 32.3. The number of hydrogen-bond donors (Lipinski definition) is 5. The fraction of sp³-hybridized carbons (Fsp3) is 0.677. The van der Waals surface area contributed by atoms with Crippen LogP contribution in [0.2, 0.25) is 0 Å². The number of fused-ring (bicyclic) bond motifs is 3. The number of nitrogens with two attached hydrogens (primary N) is 2. The lowest BCUT2D eigenvalue weighted by molar-refractivity contribution is -0.0231. The van der Waals surface area contributed by atoms with E-state index < -0.39 is 30.0 Å². The fourth-order valence-corrected chi connectivity index (χ4v) is 8.82. The molecule has 1 aromatic carbocycles. The standard InChI is InChI=1S/C31H45N3O7S2/c1-16(2)9-10-18-24(37)23-27(39-17-7-5-6-8-17)19-11-22(30(3,4)38)40-25(19)20-13-42-43-15-31(14-35,34-29(32)33)12-21(36)26(18)41-28(20)23/h16-17,21-22,35-36,38H,5-15H2,1-4H3,(H4,32,33,34)/t21-,22+,31-/m1/s1. The van der Waals surface area contributed by atoms with Crippen LogP contribution in [0.5, 0.6) is 11.5 Å². The normalized spacial score (nSPS) is 24.7. The molecular weight excluding hydrogens is 590 g/mol. The summed E-state index contributed by atoms with van der Waals surface area (Å²) in [5.74, 6) is 2.02. The minimum Gasteiger partial charge on any atom is -0.489 e. The Kier molecular flexibility index (Phi) is 9.54. The van der Waals surface area contributed by atoms with Crippen LogP contribution in [0.4, 0.5) is 0 Å². The highest BCUT2D eigenvalue weighted by molar-refractivity contribution is 8.76. The number of aliphatic hydroxyl groups is 3. The molecule has 1 aliphatic carbocycles. The van der Waals surface area contributed by atoms with E-state index in [1.807, 2.05) is 0 Å². The Bertz CT molecular complexity index is 1430. The lowest BCUT2D eigenvalue weighted by Crippen LogP contribution is -2.40. The van der Waals surface area contributed by atoms with Crippen molar-refractivity contribution in [2.24, 2.45) is 22.4 Å². The average molecular weight is 636 g/mol. The maximum Gasteiger partial charge on any atom is 0.200 e. The van der Waals surface area contributed by atoms with Crippen molar-refractivity contribution in [2.75, 3.05) is 12.4 Å². The number of nitrogens with zero attached hydrogens (tertiary/aromatic N) is 1. The maximum absolute atomic E-state index is 14.7. The van der Waals surface area contributed by atoms with Crippen molar-refractivity contribution in [1.29, 1.82) is 0 Å². The number of aliphatic imine (C=N–C) groups is 1. The molecule has 2 aliphatic heterocycles. The summed E-state index contributed by atoms with van der Waals surface area (Å²) in [7, 11) is 2.96. The molecule has 3 aliphatic rings. The van der Waals surface area contributed by atoms with Crippen molar-refractivity contribution in [3.8, 4) is 11.5 Å². The molecule has 0 saturated heterocycles. The van der Waals surface area contributed by atoms with Crippen molar-refractivity contribution in [1.82, 2.24) is 0 Å². The quantitative estimate of drug-likeness (QED) is 0.161. The topological polar surface area (TPSA) is 174 Å². The largest absolute Gasteiger partial charge is 0.489 e. The van der Waals surface area contributed by atoms with E-state index in [4.69, 9.17) is 25.4 Å². The lowest BCUT2D eigenvalue weighted by Gasteiger charge is -2.29. The van der Waals surface area contributed by atoms with Gasteiger partial charge in [0, 0.05) is 41.0 Å². The van der Waals surface area contributed by atoms with Gasteiger partial charge in [0.1, 0.15) is 46.0 Å². The third kappa shape index (κ3) is 6.63. The summed E-state index contributed by atoms with van der Waals surface area (Å²) >= 11 is 0. The fourth-order valence-electron chi connectivity index (χ4n) is 6.27. The van der Waals surface area contributed by atoms with Gasteiger partial charge in [0.15, 0.2) is 11.4 Å². The van der Waals surface area contributed by atoms with Gasteiger partial charge in [0.05, 0.1) is 18.3 Å². The molecule has 238 valence electrons. The number of hydrogen-bond acceptors (Lipinski definition) is 10. The van der Waals surface area contributed by atoms with Gasteiger partial charge in [-0.05, 0) is 58.3 Å². The average Bonchev–Trinajstić information content (AvgIpc) is 3.60. The molecule has 12 heteroatoms. The van der Waals surface area contributed by atoms with E-state index >= 15 is 0 Å². The predicted molar refractivity (Wildman–Crippen MR) is 172 cm³/mol. The number of benzene rings is 1. The van der Waals surface area contributed by atoms with Gasteiger partial charge in [-0.15, -0.1) is 0 Å². The van der Waals surface area contributed by atoms with Crippen molar-refractivity contribution in [3.05, 3.63) is 32.7 Å². The minimum atomic E-state index is -1.26. The molecule has 1 saturated carbocycles. The number of guanidine groups is 1. The van der Waals surface area contributed by atoms with Crippen molar-refractivity contribution in [3.63, 3.8) is 0 Å². The third-order valence-electron chi connectivity index (χ3n) is 8.71. The van der Waals surface area contributed by atoms with E-state index in [1.165, 1.54) is 21.6 Å². The maximum atomic E-state index is 14.7. The summed E-state index contributed by atoms with van der Waals surface area (Å²) in [5, 5.41) is 33.5. The van der Waals surface area contributed by atoms with Gasteiger partial charge < -0.3 is 40.7 Å². The Balaban J connectivity index is 1.79. The summed E-state index contributed by atoms with van der Waals surface area (Å²) in [5.41, 5.74) is 11.2. The monoisotopic (exact) mass is 635 g/mol. The lowest BCUT2D eigenvalue weighted by atomic mass is 9.90. The second-order valence-electron chi connectivity index (χ2n) is 13.2.